The minimum atomic E-state index is -0.108. The molecule has 0 saturated carbocycles. The summed E-state index contributed by atoms with van der Waals surface area (Å²) in [6, 6.07) is 2.00. The van der Waals surface area contributed by atoms with Crippen molar-refractivity contribution in [3.8, 4) is 0 Å². The molecular formula is C18H32N4O. The molecule has 0 saturated heterocycles. The molecule has 0 fully saturated rings. The molecule has 0 aliphatic heterocycles. The van der Waals surface area contributed by atoms with E-state index in [2.05, 4.69) is 57.2 Å². The first-order chi connectivity index (χ1) is 10.4. The molecule has 1 aromatic heterocycles. The van der Waals surface area contributed by atoms with Crippen LogP contribution < -0.4 is 10.6 Å². The molecule has 1 rings (SSSR count). The summed E-state index contributed by atoms with van der Waals surface area (Å²) in [6.45, 7) is 17.8. The smallest absolute Gasteiger partial charge is 0.222 e. The van der Waals surface area contributed by atoms with Crippen molar-refractivity contribution in [2.75, 3.05) is 18.4 Å². The van der Waals surface area contributed by atoms with Crippen LogP contribution in [0.2, 0.25) is 0 Å². The molecule has 23 heavy (non-hydrogen) atoms. The molecule has 1 aromatic rings. The van der Waals surface area contributed by atoms with Gasteiger partial charge in [0, 0.05) is 35.9 Å². The topological polar surface area (TPSA) is 66.9 Å². The Bertz CT molecular complexity index is 507. The van der Waals surface area contributed by atoms with E-state index in [1.54, 1.807) is 0 Å². The highest BCUT2D eigenvalue weighted by Gasteiger charge is 2.23. The maximum Gasteiger partial charge on any atom is 0.222 e. The lowest BCUT2D eigenvalue weighted by Crippen LogP contribution is -2.32. The van der Waals surface area contributed by atoms with Gasteiger partial charge in [-0.25, -0.2) is 9.97 Å². The lowest BCUT2D eigenvalue weighted by Gasteiger charge is -2.24. The summed E-state index contributed by atoms with van der Waals surface area (Å²) in [7, 11) is 0. The molecule has 0 unspecified atom stereocenters. The zero-order valence-corrected chi connectivity index (χ0v) is 15.9. The third-order valence-electron chi connectivity index (χ3n) is 3.42. The lowest BCUT2D eigenvalue weighted by atomic mass is 9.90. The summed E-state index contributed by atoms with van der Waals surface area (Å²) in [5.41, 5.74) is 0.876. The molecule has 1 heterocycles. The van der Waals surface area contributed by atoms with Gasteiger partial charge < -0.3 is 10.6 Å². The molecule has 0 spiro atoms. The van der Waals surface area contributed by atoms with Crippen molar-refractivity contribution in [3.05, 3.63) is 17.6 Å². The van der Waals surface area contributed by atoms with E-state index in [9.17, 15) is 4.79 Å². The van der Waals surface area contributed by atoms with Crippen LogP contribution in [-0.4, -0.2) is 29.0 Å². The Balaban J connectivity index is 2.84. The summed E-state index contributed by atoms with van der Waals surface area (Å²) in [4.78, 5) is 20.9. The van der Waals surface area contributed by atoms with Crippen molar-refractivity contribution < 1.29 is 4.79 Å². The van der Waals surface area contributed by atoms with Crippen LogP contribution in [0.4, 0.5) is 5.82 Å². The van der Waals surface area contributed by atoms with Gasteiger partial charge in [0.2, 0.25) is 5.91 Å². The molecular weight excluding hydrogens is 288 g/mol. The van der Waals surface area contributed by atoms with Gasteiger partial charge in [-0.05, 0) is 0 Å². The van der Waals surface area contributed by atoms with Gasteiger partial charge in [-0.3, -0.25) is 4.79 Å². The van der Waals surface area contributed by atoms with Crippen molar-refractivity contribution in [2.45, 2.75) is 66.2 Å². The van der Waals surface area contributed by atoms with E-state index in [1.807, 2.05) is 19.9 Å². The summed E-state index contributed by atoms with van der Waals surface area (Å²) in [5, 5.41) is 6.20. The summed E-state index contributed by atoms with van der Waals surface area (Å²) >= 11 is 0. The van der Waals surface area contributed by atoms with Crippen LogP contribution in [0.3, 0.4) is 0 Å². The van der Waals surface area contributed by atoms with Crippen molar-refractivity contribution in [3.63, 3.8) is 0 Å². The first-order valence-corrected chi connectivity index (χ1v) is 8.33. The van der Waals surface area contributed by atoms with E-state index >= 15 is 0 Å². The van der Waals surface area contributed by atoms with Crippen LogP contribution in [0.5, 0.6) is 0 Å². The van der Waals surface area contributed by atoms with Crippen LogP contribution in [-0.2, 0) is 15.6 Å². The van der Waals surface area contributed by atoms with Crippen LogP contribution >= 0.6 is 0 Å². The number of carbonyl (C=O) groups is 1. The van der Waals surface area contributed by atoms with E-state index < -0.39 is 0 Å². The number of rotatable bonds is 5. The number of aromatic nitrogens is 2. The number of amides is 1. The monoisotopic (exact) mass is 320 g/mol. The second-order valence-corrected chi connectivity index (χ2v) is 8.33. The van der Waals surface area contributed by atoms with E-state index in [1.165, 1.54) is 0 Å². The normalized spacial score (nSPS) is 12.4. The highest BCUT2D eigenvalue weighted by Crippen LogP contribution is 2.26. The molecule has 2 N–H and O–H groups in total. The lowest BCUT2D eigenvalue weighted by molar-refractivity contribution is -0.123. The molecule has 0 bridgehead atoms. The first-order valence-electron chi connectivity index (χ1n) is 8.33. The van der Waals surface area contributed by atoms with Gasteiger partial charge in [0.1, 0.15) is 11.6 Å². The Kier molecular flexibility index (Phi) is 6.14. The maximum atomic E-state index is 11.6. The molecule has 0 radical (unpaired) electrons. The van der Waals surface area contributed by atoms with E-state index in [0.29, 0.717) is 13.1 Å². The largest absolute Gasteiger partial charge is 0.368 e. The van der Waals surface area contributed by atoms with Crippen molar-refractivity contribution in [2.24, 2.45) is 5.92 Å². The summed E-state index contributed by atoms with van der Waals surface area (Å²) in [5.74, 6) is 1.72. The SMILES string of the molecule is CC(C)C(=O)NCCNc1cc(C(C)(C)C)nc(C(C)(C)C)n1. The fourth-order valence-corrected chi connectivity index (χ4v) is 1.84. The van der Waals surface area contributed by atoms with Crippen molar-refractivity contribution >= 4 is 11.7 Å². The van der Waals surface area contributed by atoms with Crippen LogP contribution in [0.1, 0.15) is 66.9 Å². The molecule has 0 aliphatic rings. The minimum absolute atomic E-state index is 0.00837. The Labute approximate surface area is 140 Å². The number of anilines is 1. The molecule has 1 amide bonds. The highest BCUT2D eigenvalue weighted by atomic mass is 16.1. The maximum absolute atomic E-state index is 11.6. The molecule has 130 valence electrons. The van der Waals surface area contributed by atoms with E-state index in [-0.39, 0.29) is 22.7 Å². The molecule has 5 nitrogen and oxygen atoms in total. The zero-order valence-electron chi connectivity index (χ0n) is 15.9. The predicted molar refractivity (Wildman–Crippen MR) is 95.8 cm³/mol. The Morgan fingerprint density at radius 3 is 2.13 bits per heavy atom. The molecule has 0 atom stereocenters. The van der Waals surface area contributed by atoms with Gasteiger partial charge >= 0.3 is 0 Å². The highest BCUT2D eigenvalue weighted by molar-refractivity contribution is 5.77. The van der Waals surface area contributed by atoms with Gasteiger partial charge in [-0.1, -0.05) is 55.4 Å². The first kappa shape index (κ1) is 19.4. The van der Waals surface area contributed by atoms with Gasteiger partial charge in [0.05, 0.1) is 5.69 Å². The third kappa shape index (κ3) is 6.16. The Morgan fingerprint density at radius 1 is 1.04 bits per heavy atom. The summed E-state index contributed by atoms with van der Waals surface area (Å²) < 4.78 is 0. The van der Waals surface area contributed by atoms with Gasteiger partial charge in [-0.15, -0.1) is 0 Å². The van der Waals surface area contributed by atoms with Gasteiger partial charge in [0.15, 0.2) is 0 Å². The van der Waals surface area contributed by atoms with Crippen molar-refractivity contribution in [1.82, 2.24) is 15.3 Å². The zero-order chi connectivity index (χ0) is 17.8. The average Bonchev–Trinajstić information content (AvgIpc) is 2.41. The van der Waals surface area contributed by atoms with E-state index in [4.69, 9.17) is 4.98 Å². The summed E-state index contributed by atoms with van der Waals surface area (Å²) in [6.07, 6.45) is 0. The quantitative estimate of drug-likeness (QED) is 0.817. The van der Waals surface area contributed by atoms with E-state index in [0.717, 1.165) is 17.3 Å². The Morgan fingerprint density at radius 2 is 1.65 bits per heavy atom. The second kappa shape index (κ2) is 7.28. The van der Waals surface area contributed by atoms with Crippen LogP contribution in [0.15, 0.2) is 6.07 Å². The number of hydrogen-bond acceptors (Lipinski definition) is 4. The number of nitrogens with zero attached hydrogens (tertiary/aromatic N) is 2. The average molecular weight is 320 g/mol. The van der Waals surface area contributed by atoms with Gasteiger partial charge in [0.25, 0.3) is 0 Å². The fraction of sp³-hybridized carbons (Fsp3) is 0.722. The fourth-order valence-electron chi connectivity index (χ4n) is 1.84. The van der Waals surface area contributed by atoms with Crippen LogP contribution in [0.25, 0.3) is 0 Å². The molecule has 0 aliphatic carbocycles. The number of carbonyl (C=O) groups excluding carboxylic acids is 1. The third-order valence-corrected chi connectivity index (χ3v) is 3.42. The van der Waals surface area contributed by atoms with Crippen LogP contribution in [0, 0.1) is 5.92 Å². The Hall–Kier alpha value is -1.65. The molecule has 5 heteroatoms. The second-order valence-electron chi connectivity index (χ2n) is 8.33. The van der Waals surface area contributed by atoms with Gasteiger partial charge in [-0.2, -0.15) is 0 Å². The minimum Gasteiger partial charge on any atom is -0.368 e. The van der Waals surface area contributed by atoms with Crippen molar-refractivity contribution in [1.29, 1.82) is 0 Å². The number of nitrogens with one attached hydrogen (secondary N) is 2. The molecule has 0 aromatic carbocycles. The predicted octanol–water partition coefficient (Wildman–Crippen LogP) is 3.26. The number of hydrogen-bond donors (Lipinski definition) is 2. The standard InChI is InChI=1S/C18H32N4O/c1-12(2)15(23)20-10-9-19-14-11-13(17(3,4)5)21-16(22-14)18(6,7)8/h11-12H,9-10H2,1-8H3,(H,20,23)(H,19,21,22).